The molecule has 4 heterocycles. The zero-order valence-electron chi connectivity index (χ0n) is 20.1. The molecule has 10 nitrogen and oxygen atoms in total. The Morgan fingerprint density at radius 1 is 1.00 bits per heavy atom. The second-order valence-electron chi connectivity index (χ2n) is 8.99. The molecule has 2 aromatic heterocycles. The molecule has 0 spiro atoms. The van der Waals surface area contributed by atoms with Crippen molar-refractivity contribution in [3.8, 4) is 5.75 Å². The molecule has 2 fully saturated rings. The van der Waals surface area contributed by atoms with E-state index in [1.54, 1.807) is 14.9 Å². The van der Waals surface area contributed by atoms with Crippen LogP contribution in [0.2, 0.25) is 0 Å². The van der Waals surface area contributed by atoms with Gasteiger partial charge in [0.25, 0.3) is 11.5 Å². The number of nitrogens with one attached hydrogen (secondary N) is 1. The highest BCUT2D eigenvalue weighted by Gasteiger charge is 2.40. The molecule has 2 saturated heterocycles. The standard InChI is InChI=1S/C22H24F6N6O4/c1-12(38-16-10-31-32-18(35)17(16)22(26,27)28)11-37-15-4-7-34(19(15)36)14-2-5-33(6-3-14)20-29-8-13(9-30-20)21(23,24)25/h8-10,12,14-15H,2-7,11H2,1H3,(H,32,35)/t12-,15+/m0/s1. The van der Waals surface area contributed by atoms with Gasteiger partial charge in [0, 0.05) is 44.5 Å². The Labute approximate surface area is 211 Å². The number of halogens is 6. The fraction of sp³-hybridized carbons (Fsp3) is 0.591. The number of rotatable bonds is 7. The van der Waals surface area contributed by atoms with Crippen molar-refractivity contribution in [2.45, 2.75) is 56.8 Å². The van der Waals surface area contributed by atoms with Crippen LogP contribution in [-0.4, -0.2) is 75.5 Å². The number of alkyl halides is 6. The number of hydrogen-bond donors (Lipinski definition) is 1. The highest BCUT2D eigenvalue weighted by Crippen LogP contribution is 2.33. The van der Waals surface area contributed by atoms with Gasteiger partial charge in [0.1, 0.15) is 12.2 Å². The van der Waals surface area contributed by atoms with Crippen LogP contribution in [0.4, 0.5) is 32.3 Å². The van der Waals surface area contributed by atoms with Gasteiger partial charge in [-0.3, -0.25) is 9.59 Å². The maximum atomic E-state index is 13.2. The van der Waals surface area contributed by atoms with E-state index in [1.807, 2.05) is 0 Å². The minimum atomic E-state index is -4.94. The quantitative estimate of drug-likeness (QED) is 0.524. The van der Waals surface area contributed by atoms with Gasteiger partial charge in [-0.25, -0.2) is 15.1 Å². The van der Waals surface area contributed by atoms with Crippen molar-refractivity contribution < 1.29 is 40.6 Å². The number of H-pyrrole nitrogens is 1. The van der Waals surface area contributed by atoms with Crippen LogP contribution >= 0.6 is 0 Å². The Morgan fingerprint density at radius 2 is 1.66 bits per heavy atom. The van der Waals surface area contributed by atoms with Crippen molar-refractivity contribution in [2.75, 3.05) is 31.1 Å². The number of amides is 1. The average molecular weight is 550 g/mol. The molecular weight excluding hydrogens is 526 g/mol. The van der Waals surface area contributed by atoms with Crippen molar-refractivity contribution in [3.05, 3.63) is 40.1 Å². The van der Waals surface area contributed by atoms with Crippen LogP contribution in [0.1, 0.15) is 37.3 Å². The number of aromatic amines is 1. The van der Waals surface area contributed by atoms with E-state index in [9.17, 15) is 35.9 Å². The molecule has 4 rings (SSSR count). The van der Waals surface area contributed by atoms with E-state index in [0.717, 1.165) is 18.6 Å². The highest BCUT2D eigenvalue weighted by atomic mass is 19.4. The molecule has 1 amide bonds. The largest absolute Gasteiger partial charge is 0.486 e. The molecule has 2 aliphatic rings. The van der Waals surface area contributed by atoms with E-state index in [1.165, 1.54) is 6.92 Å². The van der Waals surface area contributed by atoms with Gasteiger partial charge >= 0.3 is 12.4 Å². The number of ether oxygens (including phenoxy) is 2. The van der Waals surface area contributed by atoms with Gasteiger partial charge in [-0.05, 0) is 19.8 Å². The number of likely N-dealkylation sites (tertiary alicyclic amines) is 1. The summed E-state index contributed by atoms with van der Waals surface area (Å²) in [5.41, 5.74) is -3.87. The summed E-state index contributed by atoms with van der Waals surface area (Å²) in [6.45, 7) is 2.57. The van der Waals surface area contributed by atoms with E-state index in [4.69, 9.17) is 9.47 Å². The summed E-state index contributed by atoms with van der Waals surface area (Å²) in [5.74, 6) is -0.806. The van der Waals surface area contributed by atoms with Crippen molar-refractivity contribution in [3.63, 3.8) is 0 Å². The molecule has 0 bridgehead atoms. The first-order valence-electron chi connectivity index (χ1n) is 11.7. The van der Waals surface area contributed by atoms with Gasteiger partial charge in [0.05, 0.1) is 18.4 Å². The summed E-state index contributed by atoms with van der Waals surface area (Å²) >= 11 is 0. The summed E-state index contributed by atoms with van der Waals surface area (Å²) in [5, 5.41) is 5.06. The number of hydrogen-bond acceptors (Lipinski definition) is 8. The van der Waals surface area contributed by atoms with Crippen LogP contribution in [0.3, 0.4) is 0 Å². The molecule has 0 aromatic carbocycles. The Kier molecular flexibility index (Phi) is 7.80. The predicted molar refractivity (Wildman–Crippen MR) is 118 cm³/mol. The number of aromatic nitrogens is 4. The van der Waals surface area contributed by atoms with Gasteiger partial charge in [-0.1, -0.05) is 0 Å². The molecule has 16 heteroatoms. The summed E-state index contributed by atoms with van der Waals surface area (Å²) in [6.07, 6.45) is -7.44. The van der Waals surface area contributed by atoms with E-state index >= 15 is 0 Å². The molecule has 0 aliphatic carbocycles. The summed E-state index contributed by atoms with van der Waals surface area (Å²) < 4.78 is 88.6. The van der Waals surface area contributed by atoms with E-state index in [0.29, 0.717) is 38.9 Å². The molecule has 0 radical (unpaired) electrons. The molecular formula is C22H24F6N6O4. The van der Waals surface area contributed by atoms with Gasteiger partial charge in [-0.2, -0.15) is 31.4 Å². The molecule has 1 N–H and O–H groups in total. The van der Waals surface area contributed by atoms with Crippen molar-refractivity contribution in [1.29, 1.82) is 0 Å². The number of carbonyl (C=O) groups is 1. The van der Waals surface area contributed by atoms with Crippen LogP contribution in [0.15, 0.2) is 23.4 Å². The molecule has 2 atom stereocenters. The Balaban J connectivity index is 1.27. The fourth-order valence-corrected chi connectivity index (χ4v) is 4.44. The SMILES string of the molecule is C[C@@H](CO[C@@H]1CCN(C2CCN(c3ncc(C(F)(F)F)cn3)CC2)C1=O)Oc1cn[nH]c(=O)c1C(F)(F)F. The fourth-order valence-electron chi connectivity index (χ4n) is 4.44. The van der Waals surface area contributed by atoms with E-state index in [2.05, 4.69) is 15.1 Å². The minimum Gasteiger partial charge on any atom is -0.486 e. The van der Waals surface area contributed by atoms with E-state index < -0.39 is 47.0 Å². The zero-order chi connectivity index (χ0) is 27.7. The van der Waals surface area contributed by atoms with Gasteiger partial charge < -0.3 is 19.3 Å². The Hall–Kier alpha value is -3.43. The number of carbonyl (C=O) groups excluding carboxylic acids is 1. The summed E-state index contributed by atoms with van der Waals surface area (Å²) in [6, 6.07) is -0.105. The van der Waals surface area contributed by atoms with Crippen LogP contribution < -0.4 is 15.2 Å². The molecule has 2 aliphatic heterocycles. The Morgan fingerprint density at radius 3 is 2.26 bits per heavy atom. The predicted octanol–water partition coefficient (Wildman–Crippen LogP) is 2.65. The topological polar surface area (TPSA) is 114 Å². The number of nitrogens with zero attached hydrogens (tertiary/aromatic N) is 5. The van der Waals surface area contributed by atoms with Crippen LogP contribution in [0, 0.1) is 0 Å². The third kappa shape index (κ3) is 6.16. The minimum absolute atomic E-state index is 0.105. The first kappa shape index (κ1) is 27.6. The first-order valence-corrected chi connectivity index (χ1v) is 11.7. The number of anilines is 1. The smallest absolute Gasteiger partial charge is 0.425 e. The van der Waals surface area contributed by atoms with Crippen molar-refractivity contribution in [2.24, 2.45) is 0 Å². The highest BCUT2D eigenvalue weighted by molar-refractivity contribution is 5.83. The lowest BCUT2D eigenvalue weighted by Crippen LogP contribution is -2.47. The number of piperidine rings is 1. The molecule has 0 saturated carbocycles. The molecule has 2 aromatic rings. The maximum absolute atomic E-state index is 13.2. The summed E-state index contributed by atoms with van der Waals surface area (Å²) in [7, 11) is 0. The Bertz CT molecular complexity index is 1180. The third-order valence-corrected chi connectivity index (χ3v) is 6.31. The van der Waals surface area contributed by atoms with Crippen molar-refractivity contribution >= 4 is 11.9 Å². The normalized spacial score (nSPS) is 20.2. The van der Waals surface area contributed by atoms with Gasteiger partial charge in [0.15, 0.2) is 11.3 Å². The third-order valence-electron chi connectivity index (χ3n) is 6.31. The van der Waals surface area contributed by atoms with Gasteiger partial charge in [0.2, 0.25) is 5.95 Å². The lowest BCUT2D eigenvalue weighted by atomic mass is 10.0. The lowest BCUT2D eigenvalue weighted by molar-refractivity contribution is -0.142. The molecule has 208 valence electrons. The van der Waals surface area contributed by atoms with E-state index in [-0.39, 0.29) is 24.5 Å². The monoisotopic (exact) mass is 550 g/mol. The molecule has 38 heavy (non-hydrogen) atoms. The average Bonchev–Trinajstić information content (AvgIpc) is 3.21. The summed E-state index contributed by atoms with van der Waals surface area (Å²) in [4.78, 5) is 35.5. The maximum Gasteiger partial charge on any atom is 0.425 e. The van der Waals surface area contributed by atoms with Crippen molar-refractivity contribution in [1.82, 2.24) is 25.1 Å². The van der Waals surface area contributed by atoms with Gasteiger partial charge in [-0.15, -0.1) is 0 Å². The van der Waals surface area contributed by atoms with Crippen LogP contribution in [-0.2, 0) is 21.9 Å². The zero-order valence-corrected chi connectivity index (χ0v) is 20.1. The second-order valence-corrected chi connectivity index (χ2v) is 8.99. The second kappa shape index (κ2) is 10.7. The lowest BCUT2D eigenvalue weighted by Gasteiger charge is -2.36. The van der Waals surface area contributed by atoms with Crippen LogP contribution in [0.25, 0.3) is 0 Å². The molecule has 0 unspecified atom stereocenters. The van der Waals surface area contributed by atoms with Crippen LogP contribution in [0.5, 0.6) is 5.75 Å². The first-order chi connectivity index (χ1) is 17.8.